The summed E-state index contributed by atoms with van der Waals surface area (Å²) in [6, 6.07) is 17.9. The molecule has 0 fully saturated rings. The molecule has 1 atom stereocenters. The van der Waals surface area contributed by atoms with E-state index in [2.05, 4.69) is 11.1 Å². The van der Waals surface area contributed by atoms with Crippen molar-refractivity contribution in [2.45, 2.75) is 12.5 Å². The topological polar surface area (TPSA) is 47.6 Å². The molecule has 0 saturated carbocycles. The van der Waals surface area contributed by atoms with Crippen LogP contribution in [0.1, 0.15) is 11.1 Å². The van der Waals surface area contributed by atoms with Gasteiger partial charge in [0.25, 0.3) is 0 Å². The van der Waals surface area contributed by atoms with E-state index < -0.39 is 0 Å². The maximum atomic E-state index is 5.97. The highest BCUT2D eigenvalue weighted by Gasteiger charge is 2.21. The van der Waals surface area contributed by atoms with Gasteiger partial charge in [-0.25, -0.2) is 0 Å². The van der Waals surface area contributed by atoms with Crippen molar-refractivity contribution in [3.8, 4) is 5.75 Å². The molecule has 1 aliphatic rings. The first-order valence-corrected chi connectivity index (χ1v) is 6.43. The number of ether oxygens (including phenoxy) is 1. The Morgan fingerprint density at radius 2 is 1.84 bits per heavy atom. The molecule has 3 nitrogen and oxygen atoms in total. The second kappa shape index (κ2) is 5.14. The largest absolute Gasteiger partial charge is 0.488 e. The Balaban J connectivity index is 1.65. The summed E-state index contributed by atoms with van der Waals surface area (Å²) < 4.78 is 5.83. The normalized spacial score (nSPS) is 17.9. The minimum atomic E-state index is 0.0969. The fraction of sp³-hybridized carbons (Fsp3) is 0.188. The molecule has 0 spiro atoms. The van der Waals surface area contributed by atoms with Crippen LogP contribution in [0.4, 0.5) is 0 Å². The second-order valence-electron chi connectivity index (χ2n) is 4.64. The number of para-hydroxylation sites is 1. The van der Waals surface area contributed by atoms with Crippen molar-refractivity contribution in [3.05, 3.63) is 65.7 Å². The molecule has 0 saturated heterocycles. The smallest absolute Gasteiger partial charge is 0.125 e. The van der Waals surface area contributed by atoms with Crippen molar-refractivity contribution >= 4 is 5.84 Å². The molecule has 1 aliphatic heterocycles. The third-order valence-electron chi connectivity index (χ3n) is 3.25. The fourth-order valence-electron chi connectivity index (χ4n) is 2.26. The summed E-state index contributed by atoms with van der Waals surface area (Å²) in [7, 11) is 0. The Kier molecular flexibility index (Phi) is 3.19. The van der Waals surface area contributed by atoms with E-state index in [1.807, 2.05) is 48.5 Å². The average molecular weight is 252 g/mol. The zero-order chi connectivity index (χ0) is 13.1. The first-order valence-electron chi connectivity index (χ1n) is 6.43. The number of benzene rings is 2. The van der Waals surface area contributed by atoms with Crippen molar-refractivity contribution in [1.82, 2.24) is 0 Å². The minimum Gasteiger partial charge on any atom is -0.488 e. The Hall–Kier alpha value is -2.29. The van der Waals surface area contributed by atoms with Gasteiger partial charge in [-0.3, -0.25) is 4.99 Å². The molecule has 2 aromatic rings. The molecule has 0 aromatic heterocycles. The van der Waals surface area contributed by atoms with Gasteiger partial charge in [-0.15, -0.1) is 0 Å². The third kappa shape index (κ3) is 2.60. The maximum Gasteiger partial charge on any atom is 0.125 e. The maximum absolute atomic E-state index is 5.97. The first kappa shape index (κ1) is 11.8. The minimum absolute atomic E-state index is 0.0969. The number of rotatable bonds is 3. The van der Waals surface area contributed by atoms with E-state index in [1.54, 1.807) is 0 Å². The van der Waals surface area contributed by atoms with Gasteiger partial charge in [0.2, 0.25) is 0 Å². The molecule has 3 rings (SSSR count). The Bertz CT molecular complexity index is 568. The molecule has 0 aliphatic carbocycles. The van der Waals surface area contributed by atoms with Crippen LogP contribution in [-0.2, 0) is 6.42 Å². The van der Waals surface area contributed by atoms with Crippen LogP contribution in [0.25, 0.3) is 0 Å². The van der Waals surface area contributed by atoms with Gasteiger partial charge in [0.15, 0.2) is 0 Å². The lowest BCUT2D eigenvalue weighted by atomic mass is 10.1. The van der Waals surface area contributed by atoms with Gasteiger partial charge >= 0.3 is 0 Å². The van der Waals surface area contributed by atoms with E-state index in [9.17, 15) is 0 Å². The lowest BCUT2D eigenvalue weighted by molar-refractivity contribution is 0.242. The van der Waals surface area contributed by atoms with Crippen molar-refractivity contribution in [2.24, 2.45) is 10.7 Å². The van der Waals surface area contributed by atoms with Crippen molar-refractivity contribution in [2.75, 3.05) is 6.54 Å². The summed E-state index contributed by atoms with van der Waals surface area (Å²) in [6.45, 7) is 0.593. The van der Waals surface area contributed by atoms with E-state index in [0.717, 1.165) is 17.7 Å². The highest BCUT2D eigenvalue weighted by atomic mass is 16.5. The van der Waals surface area contributed by atoms with Crippen LogP contribution in [0.5, 0.6) is 5.75 Å². The molecular formula is C16H16N2O. The van der Waals surface area contributed by atoms with Crippen LogP contribution in [-0.4, -0.2) is 18.5 Å². The number of hydrogen-bond donors (Lipinski definition) is 1. The molecule has 1 unspecified atom stereocenters. The summed E-state index contributed by atoms with van der Waals surface area (Å²) in [5.74, 6) is 1.54. The number of nitrogens with two attached hydrogens (primary N) is 1. The van der Waals surface area contributed by atoms with Crippen LogP contribution < -0.4 is 10.5 Å². The van der Waals surface area contributed by atoms with Crippen molar-refractivity contribution in [1.29, 1.82) is 0 Å². The zero-order valence-electron chi connectivity index (χ0n) is 10.6. The SMILES string of the molecule is NC(=NCC1Cc2ccccc2O1)c1ccccc1. The van der Waals surface area contributed by atoms with Gasteiger partial charge in [-0.1, -0.05) is 48.5 Å². The van der Waals surface area contributed by atoms with Crippen LogP contribution in [0.3, 0.4) is 0 Å². The Labute approximate surface area is 112 Å². The summed E-state index contributed by atoms with van der Waals surface area (Å²) in [5, 5.41) is 0. The molecule has 0 bridgehead atoms. The number of aliphatic imine (C=N–C) groups is 1. The van der Waals surface area contributed by atoms with Gasteiger partial charge in [0, 0.05) is 12.0 Å². The lowest BCUT2D eigenvalue weighted by Crippen LogP contribution is -2.21. The fourth-order valence-corrected chi connectivity index (χ4v) is 2.26. The molecule has 19 heavy (non-hydrogen) atoms. The van der Waals surface area contributed by atoms with E-state index >= 15 is 0 Å². The molecule has 0 amide bonds. The number of nitrogens with zero attached hydrogens (tertiary/aromatic N) is 1. The summed E-state index contributed by atoms with van der Waals surface area (Å²) >= 11 is 0. The second-order valence-corrected chi connectivity index (χ2v) is 4.64. The molecular weight excluding hydrogens is 236 g/mol. The Morgan fingerprint density at radius 1 is 1.11 bits per heavy atom. The molecule has 2 N–H and O–H groups in total. The van der Waals surface area contributed by atoms with Gasteiger partial charge in [-0.2, -0.15) is 0 Å². The molecule has 96 valence electrons. The predicted molar refractivity (Wildman–Crippen MR) is 76.6 cm³/mol. The highest BCUT2D eigenvalue weighted by molar-refractivity contribution is 5.97. The molecule has 3 heteroatoms. The highest BCUT2D eigenvalue weighted by Crippen LogP contribution is 2.28. The predicted octanol–water partition coefficient (Wildman–Crippen LogP) is 2.40. The number of amidine groups is 1. The van der Waals surface area contributed by atoms with Crippen LogP contribution >= 0.6 is 0 Å². The number of fused-ring (bicyclic) bond motifs is 1. The monoisotopic (exact) mass is 252 g/mol. The van der Waals surface area contributed by atoms with Gasteiger partial charge < -0.3 is 10.5 Å². The standard InChI is InChI=1S/C16H16N2O/c17-16(12-6-2-1-3-7-12)18-11-14-10-13-8-4-5-9-15(13)19-14/h1-9,14H,10-11H2,(H2,17,18). The van der Waals surface area contributed by atoms with Gasteiger partial charge in [0.1, 0.15) is 17.7 Å². The summed E-state index contributed by atoms with van der Waals surface area (Å²) in [4.78, 5) is 4.43. The Morgan fingerprint density at radius 3 is 2.63 bits per heavy atom. The van der Waals surface area contributed by atoms with Crippen LogP contribution in [0, 0.1) is 0 Å². The average Bonchev–Trinajstić information content (AvgIpc) is 2.88. The quantitative estimate of drug-likeness (QED) is 0.673. The van der Waals surface area contributed by atoms with E-state index in [-0.39, 0.29) is 6.10 Å². The van der Waals surface area contributed by atoms with E-state index in [1.165, 1.54) is 5.56 Å². The lowest BCUT2D eigenvalue weighted by Gasteiger charge is -2.08. The first-order chi connectivity index (χ1) is 9.33. The third-order valence-corrected chi connectivity index (χ3v) is 3.25. The molecule has 2 aromatic carbocycles. The van der Waals surface area contributed by atoms with Crippen molar-refractivity contribution in [3.63, 3.8) is 0 Å². The van der Waals surface area contributed by atoms with E-state index in [4.69, 9.17) is 10.5 Å². The van der Waals surface area contributed by atoms with Crippen LogP contribution in [0.15, 0.2) is 59.6 Å². The molecule has 1 heterocycles. The summed E-state index contributed by atoms with van der Waals surface area (Å²) in [5.41, 5.74) is 8.18. The molecule has 0 radical (unpaired) electrons. The number of hydrogen-bond acceptors (Lipinski definition) is 2. The van der Waals surface area contributed by atoms with Crippen molar-refractivity contribution < 1.29 is 4.74 Å². The zero-order valence-corrected chi connectivity index (χ0v) is 10.6. The van der Waals surface area contributed by atoms with Gasteiger partial charge in [-0.05, 0) is 11.6 Å². The van der Waals surface area contributed by atoms with Gasteiger partial charge in [0.05, 0.1) is 6.54 Å². The van der Waals surface area contributed by atoms with E-state index in [0.29, 0.717) is 12.4 Å². The summed E-state index contributed by atoms with van der Waals surface area (Å²) in [6.07, 6.45) is 1.00. The van der Waals surface area contributed by atoms with Crippen LogP contribution in [0.2, 0.25) is 0 Å².